The van der Waals surface area contributed by atoms with Gasteiger partial charge in [0.1, 0.15) is 0 Å². The first kappa shape index (κ1) is 13.6. The molecule has 1 aliphatic rings. The first-order valence-electron chi connectivity index (χ1n) is 7.51. The van der Waals surface area contributed by atoms with Crippen molar-refractivity contribution in [1.29, 1.82) is 0 Å². The fourth-order valence-electron chi connectivity index (χ4n) is 3.21. The first-order chi connectivity index (χ1) is 8.74. The van der Waals surface area contributed by atoms with Gasteiger partial charge in [0.15, 0.2) is 0 Å². The fourth-order valence-corrected chi connectivity index (χ4v) is 3.21. The highest BCUT2D eigenvalue weighted by atomic mass is 16.3. The minimum absolute atomic E-state index is 0.253. The zero-order valence-corrected chi connectivity index (χ0v) is 11.7. The highest BCUT2D eigenvalue weighted by Gasteiger charge is 2.29. The van der Waals surface area contributed by atoms with Crippen molar-refractivity contribution in [3.63, 3.8) is 0 Å². The van der Waals surface area contributed by atoms with Crippen LogP contribution in [0.1, 0.15) is 63.2 Å². The summed E-state index contributed by atoms with van der Waals surface area (Å²) in [4.78, 5) is 0. The molecule has 0 saturated heterocycles. The Labute approximate surface area is 111 Å². The van der Waals surface area contributed by atoms with Crippen molar-refractivity contribution in [3.8, 4) is 0 Å². The number of aryl methyl sites for hydroxylation is 1. The molecule has 1 aromatic rings. The standard InChI is InChI=1S/C17H26O/c1-3-5-14-7-9-15(10-8-14)17(18)16-11-6-13(4-2)12-16/h7-10,13,16-18H,3-6,11-12H2,1-2H3. The van der Waals surface area contributed by atoms with Gasteiger partial charge in [-0.1, -0.05) is 57.4 Å². The third-order valence-corrected chi connectivity index (χ3v) is 4.47. The molecule has 0 aromatic heterocycles. The number of hydrogen-bond donors (Lipinski definition) is 1. The maximum Gasteiger partial charge on any atom is 0.0818 e. The van der Waals surface area contributed by atoms with E-state index in [1.807, 2.05) is 0 Å². The van der Waals surface area contributed by atoms with Crippen LogP contribution in [0.2, 0.25) is 0 Å². The summed E-state index contributed by atoms with van der Waals surface area (Å²) in [6.07, 6.45) is 7.02. The van der Waals surface area contributed by atoms with Crippen molar-refractivity contribution in [2.24, 2.45) is 11.8 Å². The Bertz CT molecular complexity index is 354. The molecule has 3 unspecified atom stereocenters. The van der Waals surface area contributed by atoms with Crippen molar-refractivity contribution in [3.05, 3.63) is 35.4 Å². The van der Waals surface area contributed by atoms with Gasteiger partial charge < -0.3 is 5.11 Å². The van der Waals surface area contributed by atoms with E-state index in [2.05, 4.69) is 38.1 Å². The Kier molecular flexibility index (Phi) is 4.82. The molecule has 0 heterocycles. The number of aliphatic hydroxyl groups excluding tert-OH is 1. The summed E-state index contributed by atoms with van der Waals surface area (Å²) in [5, 5.41) is 10.5. The van der Waals surface area contributed by atoms with E-state index in [1.165, 1.54) is 37.7 Å². The molecule has 3 atom stereocenters. The predicted molar refractivity (Wildman–Crippen MR) is 76.5 cm³/mol. The average molecular weight is 246 g/mol. The molecule has 0 spiro atoms. The molecule has 1 aliphatic carbocycles. The quantitative estimate of drug-likeness (QED) is 0.811. The minimum atomic E-state index is -0.253. The van der Waals surface area contributed by atoms with E-state index in [4.69, 9.17) is 0 Å². The molecule has 18 heavy (non-hydrogen) atoms. The molecule has 0 radical (unpaired) electrons. The van der Waals surface area contributed by atoms with Crippen LogP contribution >= 0.6 is 0 Å². The van der Waals surface area contributed by atoms with Crippen LogP contribution in [-0.2, 0) is 6.42 Å². The lowest BCUT2D eigenvalue weighted by Crippen LogP contribution is -2.09. The average Bonchev–Trinajstić information content (AvgIpc) is 2.88. The predicted octanol–water partition coefficient (Wildman–Crippen LogP) is 4.50. The molecule has 1 fully saturated rings. The number of hydrogen-bond acceptors (Lipinski definition) is 1. The molecule has 100 valence electrons. The lowest BCUT2D eigenvalue weighted by atomic mass is 9.92. The molecule has 1 saturated carbocycles. The highest BCUT2D eigenvalue weighted by molar-refractivity contribution is 5.24. The SMILES string of the molecule is CCCc1ccc(C(O)C2CCC(CC)C2)cc1. The van der Waals surface area contributed by atoms with Crippen molar-refractivity contribution in [2.75, 3.05) is 0 Å². The first-order valence-corrected chi connectivity index (χ1v) is 7.51. The van der Waals surface area contributed by atoms with Gasteiger partial charge in [0.25, 0.3) is 0 Å². The van der Waals surface area contributed by atoms with Crippen molar-refractivity contribution in [1.82, 2.24) is 0 Å². The normalized spacial score (nSPS) is 25.3. The van der Waals surface area contributed by atoms with Gasteiger partial charge in [0.2, 0.25) is 0 Å². The Balaban J connectivity index is 1.98. The molecule has 1 heteroatoms. The van der Waals surface area contributed by atoms with E-state index in [0.717, 1.165) is 17.9 Å². The van der Waals surface area contributed by atoms with Gasteiger partial charge in [-0.25, -0.2) is 0 Å². The van der Waals surface area contributed by atoms with Gasteiger partial charge >= 0.3 is 0 Å². The van der Waals surface area contributed by atoms with Gasteiger partial charge in [-0.2, -0.15) is 0 Å². The van der Waals surface area contributed by atoms with Crippen molar-refractivity contribution >= 4 is 0 Å². The summed E-state index contributed by atoms with van der Waals surface area (Å²) < 4.78 is 0. The van der Waals surface area contributed by atoms with Crippen LogP contribution in [0.3, 0.4) is 0 Å². The Morgan fingerprint density at radius 1 is 1.17 bits per heavy atom. The van der Waals surface area contributed by atoms with Crippen LogP contribution in [0, 0.1) is 11.8 Å². The van der Waals surface area contributed by atoms with E-state index < -0.39 is 0 Å². The summed E-state index contributed by atoms with van der Waals surface area (Å²) >= 11 is 0. The molecular weight excluding hydrogens is 220 g/mol. The number of benzene rings is 1. The lowest BCUT2D eigenvalue weighted by molar-refractivity contribution is 0.109. The van der Waals surface area contributed by atoms with Gasteiger partial charge in [0, 0.05) is 0 Å². The second kappa shape index (κ2) is 6.38. The zero-order valence-electron chi connectivity index (χ0n) is 11.7. The molecule has 0 amide bonds. The summed E-state index contributed by atoms with van der Waals surface area (Å²) in [7, 11) is 0. The highest BCUT2D eigenvalue weighted by Crippen LogP contribution is 2.40. The third-order valence-electron chi connectivity index (χ3n) is 4.47. The van der Waals surface area contributed by atoms with Crippen LogP contribution in [0.25, 0.3) is 0 Å². The molecule has 1 nitrogen and oxygen atoms in total. The van der Waals surface area contributed by atoms with E-state index in [-0.39, 0.29) is 6.10 Å². The van der Waals surface area contributed by atoms with Gasteiger partial charge in [-0.05, 0) is 42.2 Å². The summed E-state index contributed by atoms with van der Waals surface area (Å²) in [5.74, 6) is 1.32. The van der Waals surface area contributed by atoms with Gasteiger partial charge in [0.05, 0.1) is 6.10 Å². The summed E-state index contributed by atoms with van der Waals surface area (Å²) in [6.45, 7) is 4.46. The summed E-state index contributed by atoms with van der Waals surface area (Å²) in [6, 6.07) is 8.59. The molecule has 0 aliphatic heterocycles. The smallest absolute Gasteiger partial charge is 0.0818 e. The molecule has 1 aromatic carbocycles. The van der Waals surface area contributed by atoms with Crippen LogP contribution in [0.5, 0.6) is 0 Å². The zero-order chi connectivity index (χ0) is 13.0. The topological polar surface area (TPSA) is 20.2 Å². The lowest BCUT2D eigenvalue weighted by Gasteiger charge is -2.19. The Hall–Kier alpha value is -0.820. The monoisotopic (exact) mass is 246 g/mol. The van der Waals surface area contributed by atoms with E-state index >= 15 is 0 Å². The molecule has 0 bridgehead atoms. The second-order valence-corrected chi connectivity index (χ2v) is 5.78. The van der Waals surface area contributed by atoms with Crippen LogP contribution < -0.4 is 0 Å². The molecular formula is C17H26O. The largest absolute Gasteiger partial charge is 0.388 e. The van der Waals surface area contributed by atoms with E-state index in [1.54, 1.807) is 0 Å². The van der Waals surface area contributed by atoms with Crippen molar-refractivity contribution in [2.45, 2.75) is 58.5 Å². The van der Waals surface area contributed by atoms with Crippen LogP contribution in [-0.4, -0.2) is 5.11 Å². The Morgan fingerprint density at radius 2 is 1.89 bits per heavy atom. The molecule has 2 rings (SSSR count). The third kappa shape index (κ3) is 3.14. The second-order valence-electron chi connectivity index (χ2n) is 5.78. The van der Waals surface area contributed by atoms with Crippen molar-refractivity contribution < 1.29 is 5.11 Å². The van der Waals surface area contributed by atoms with Crippen LogP contribution in [0.4, 0.5) is 0 Å². The maximum atomic E-state index is 10.5. The Morgan fingerprint density at radius 3 is 2.44 bits per heavy atom. The van der Waals surface area contributed by atoms with Gasteiger partial charge in [-0.15, -0.1) is 0 Å². The number of rotatable bonds is 5. The maximum absolute atomic E-state index is 10.5. The van der Waals surface area contributed by atoms with E-state index in [9.17, 15) is 5.11 Å². The van der Waals surface area contributed by atoms with E-state index in [0.29, 0.717) is 5.92 Å². The molecule has 1 N–H and O–H groups in total. The minimum Gasteiger partial charge on any atom is -0.388 e. The fraction of sp³-hybridized carbons (Fsp3) is 0.647. The van der Waals surface area contributed by atoms with Gasteiger partial charge in [-0.3, -0.25) is 0 Å². The van der Waals surface area contributed by atoms with Crippen LogP contribution in [0.15, 0.2) is 24.3 Å². The summed E-state index contributed by atoms with van der Waals surface area (Å²) in [5.41, 5.74) is 2.49. The number of aliphatic hydroxyl groups is 1.